The van der Waals surface area contributed by atoms with E-state index in [1.807, 2.05) is 12.2 Å². The Morgan fingerprint density at radius 3 is 1.08 bits per heavy atom. The van der Waals surface area contributed by atoms with E-state index >= 15 is 0 Å². The standard InChI is InChI=1S/C65H108NO8P/c1-3-5-7-9-11-13-15-17-18-19-20-21-22-23-24-25-26-27-28-29-30-31-32-33-34-35-36-37-38-39-40-41-42-43-44-46-48-50-52-54-56-58-65(68)74-63(62-73-75(69,70)72-60-59-66)61-71-64(67)57-55-53-51-49-47-45-16-14-12-10-8-6-4-2/h5-8,11-14,17-18,20-21,23-24,26-27,29-30,45,47,51,53,63H,3-4,9-10,15-16,19,22,25,28,31-44,46,48-50,52,54-62,66H2,1-2H3,(H,69,70)/b7-5-,8-6-,13-11-,14-12-,18-17-,21-20-,24-23-,27-26-,30-29-,47-45-,53-51-. The third-order valence-corrected chi connectivity index (χ3v) is 13.0. The van der Waals surface area contributed by atoms with E-state index in [4.69, 9.17) is 24.3 Å². The zero-order chi connectivity index (χ0) is 54.5. The van der Waals surface area contributed by atoms with E-state index in [0.717, 1.165) is 89.9 Å². The Morgan fingerprint density at radius 1 is 0.400 bits per heavy atom. The molecule has 0 radical (unpaired) electrons. The highest BCUT2D eigenvalue weighted by Crippen LogP contribution is 2.43. The summed E-state index contributed by atoms with van der Waals surface area (Å²) in [5.41, 5.74) is 5.37. The number of ether oxygens (including phenoxy) is 2. The molecule has 0 aliphatic rings. The van der Waals surface area contributed by atoms with Gasteiger partial charge in [-0.25, -0.2) is 4.57 Å². The van der Waals surface area contributed by atoms with Crippen molar-refractivity contribution in [1.29, 1.82) is 0 Å². The van der Waals surface area contributed by atoms with Crippen molar-refractivity contribution in [3.8, 4) is 0 Å². The number of hydrogen-bond donors (Lipinski definition) is 2. The molecule has 0 bridgehead atoms. The second-order valence-electron chi connectivity index (χ2n) is 19.1. The molecule has 3 N–H and O–H groups in total. The van der Waals surface area contributed by atoms with Crippen LogP contribution in [0.3, 0.4) is 0 Å². The highest BCUT2D eigenvalue weighted by atomic mass is 31.2. The number of nitrogens with two attached hydrogens (primary N) is 1. The molecule has 2 atom stereocenters. The SMILES string of the molecule is CC/C=C\C/C=C\C/C=C\C/C=C\C/C=C\C/C=C\C/C=C\CCCCCCCCCCCCCCCCCCCCCC(=O)OC(COC(=O)CC/C=C\C/C=C\C/C=C\C/C=C\CC)COP(=O)(O)OCCN. The Labute approximate surface area is 459 Å². The van der Waals surface area contributed by atoms with Crippen LogP contribution in [0.4, 0.5) is 0 Å². The number of phosphoric ester groups is 1. The summed E-state index contributed by atoms with van der Waals surface area (Å²) in [5, 5.41) is 0. The number of unbranched alkanes of at least 4 members (excludes halogenated alkanes) is 19. The highest BCUT2D eigenvalue weighted by molar-refractivity contribution is 7.47. The minimum absolute atomic E-state index is 0.0401. The molecule has 2 unspecified atom stereocenters. The lowest BCUT2D eigenvalue weighted by molar-refractivity contribution is -0.161. The lowest BCUT2D eigenvalue weighted by atomic mass is 10.0. The second-order valence-corrected chi connectivity index (χ2v) is 20.6. The molecule has 0 spiro atoms. The summed E-state index contributed by atoms with van der Waals surface area (Å²) in [7, 11) is -4.40. The predicted octanol–water partition coefficient (Wildman–Crippen LogP) is 19.0. The molecular formula is C65H108NO8P. The fraction of sp³-hybridized carbons (Fsp3) is 0.631. The van der Waals surface area contributed by atoms with Crippen LogP contribution in [-0.2, 0) is 32.7 Å². The van der Waals surface area contributed by atoms with Crippen molar-refractivity contribution in [3.63, 3.8) is 0 Å². The first-order valence-electron chi connectivity index (χ1n) is 29.7. The zero-order valence-electron chi connectivity index (χ0n) is 47.5. The number of carbonyl (C=O) groups excluding carboxylic acids is 2. The van der Waals surface area contributed by atoms with Crippen LogP contribution in [0.5, 0.6) is 0 Å². The van der Waals surface area contributed by atoms with Crippen LogP contribution in [0.25, 0.3) is 0 Å². The second kappa shape index (κ2) is 59.4. The van der Waals surface area contributed by atoms with Gasteiger partial charge in [-0.3, -0.25) is 18.6 Å². The van der Waals surface area contributed by atoms with Crippen molar-refractivity contribution >= 4 is 19.8 Å². The molecule has 0 saturated carbocycles. The molecule has 0 heterocycles. The van der Waals surface area contributed by atoms with Gasteiger partial charge in [0.25, 0.3) is 0 Å². The summed E-state index contributed by atoms with van der Waals surface area (Å²) >= 11 is 0. The van der Waals surface area contributed by atoms with Gasteiger partial charge in [-0.15, -0.1) is 0 Å². The van der Waals surface area contributed by atoms with E-state index in [-0.39, 0.29) is 32.6 Å². The number of esters is 2. The third kappa shape index (κ3) is 59.3. The Bertz CT molecular complexity index is 1680. The zero-order valence-corrected chi connectivity index (χ0v) is 48.4. The van der Waals surface area contributed by atoms with Gasteiger partial charge < -0.3 is 20.1 Å². The van der Waals surface area contributed by atoms with Crippen molar-refractivity contribution in [2.24, 2.45) is 5.73 Å². The molecule has 9 nitrogen and oxygen atoms in total. The fourth-order valence-corrected chi connectivity index (χ4v) is 8.51. The smallest absolute Gasteiger partial charge is 0.462 e. The number of hydrogen-bond acceptors (Lipinski definition) is 8. The van der Waals surface area contributed by atoms with Crippen LogP contribution in [0, 0.1) is 0 Å². The minimum atomic E-state index is -4.40. The van der Waals surface area contributed by atoms with Gasteiger partial charge in [0.2, 0.25) is 0 Å². The summed E-state index contributed by atoms with van der Waals surface area (Å²) in [6, 6.07) is 0. The summed E-state index contributed by atoms with van der Waals surface area (Å²) < 4.78 is 32.8. The first-order chi connectivity index (χ1) is 36.8. The lowest BCUT2D eigenvalue weighted by Gasteiger charge is -2.19. The molecule has 0 rings (SSSR count). The molecule has 0 aliphatic heterocycles. The maximum absolute atomic E-state index is 12.7. The van der Waals surface area contributed by atoms with Gasteiger partial charge in [-0.05, 0) is 96.3 Å². The number of carbonyl (C=O) groups is 2. The van der Waals surface area contributed by atoms with E-state index in [0.29, 0.717) is 12.8 Å². The van der Waals surface area contributed by atoms with Crippen molar-refractivity contribution in [2.45, 2.75) is 238 Å². The van der Waals surface area contributed by atoms with Crippen molar-refractivity contribution < 1.29 is 37.6 Å². The maximum Gasteiger partial charge on any atom is 0.472 e. The van der Waals surface area contributed by atoms with E-state index in [2.05, 4.69) is 135 Å². The minimum Gasteiger partial charge on any atom is -0.462 e. The van der Waals surface area contributed by atoms with Gasteiger partial charge in [0, 0.05) is 19.4 Å². The fourth-order valence-electron chi connectivity index (χ4n) is 7.75. The van der Waals surface area contributed by atoms with Gasteiger partial charge in [-0.1, -0.05) is 257 Å². The van der Waals surface area contributed by atoms with E-state index in [1.54, 1.807) is 0 Å². The maximum atomic E-state index is 12.7. The number of allylic oxidation sites excluding steroid dienone is 22. The molecule has 75 heavy (non-hydrogen) atoms. The molecule has 0 fully saturated rings. The molecular weight excluding hydrogens is 954 g/mol. The van der Waals surface area contributed by atoms with Crippen LogP contribution in [0.1, 0.15) is 232 Å². The monoisotopic (exact) mass is 1060 g/mol. The van der Waals surface area contributed by atoms with E-state index in [9.17, 15) is 19.0 Å². The molecule has 426 valence electrons. The largest absolute Gasteiger partial charge is 0.472 e. The summed E-state index contributed by atoms with van der Waals surface area (Å²) in [6.07, 6.45) is 84.2. The Hall–Kier alpha value is -3.85. The van der Waals surface area contributed by atoms with E-state index < -0.39 is 32.5 Å². The molecule has 0 aromatic carbocycles. The molecule has 0 aromatic rings. The summed E-state index contributed by atoms with van der Waals surface area (Å²) in [4.78, 5) is 35.0. The van der Waals surface area contributed by atoms with Gasteiger partial charge >= 0.3 is 19.8 Å². The lowest BCUT2D eigenvalue weighted by Crippen LogP contribution is -2.29. The van der Waals surface area contributed by atoms with Crippen molar-refractivity contribution in [3.05, 3.63) is 134 Å². The van der Waals surface area contributed by atoms with Gasteiger partial charge in [0.15, 0.2) is 6.10 Å². The van der Waals surface area contributed by atoms with Crippen molar-refractivity contribution in [1.82, 2.24) is 0 Å². The Morgan fingerprint density at radius 2 is 0.720 bits per heavy atom. The first-order valence-corrected chi connectivity index (χ1v) is 31.2. The van der Waals surface area contributed by atoms with Crippen LogP contribution >= 0.6 is 7.82 Å². The summed E-state index contributed by atoms with van der Waals surface area (Å²) in [5.74, 6) is -0.926. The predicted molar refractivity (Wildman–Crippen MR) is 320 cm³/mol. The number of rotatable bonds is 54. The third-order valence-electron chi connectivity index (χ3n) is 12.0. The number of phosphoric acid groups is 1. The highest BCUT2D eigenvalue weighted by Gasteiger charge is 2.26. The Balaban J connectivity index is 3.85. The van der Waals surface area contributed by atoms with E-state index in [1.165, 1.54) is 103 Å². The quantitative estimate of drug-likeness (QED) is 0.0264. The molecule has 0 amide bonds. The van der Waals surface area contributed by atoms with Crippen LogP contribution < -0.4 is 5.73 Å². The van der Waals surface area contributed by atoms with Crippen LogP contribution in [0.15, 0.2) is 134 Å². The Kier molecular flexibility index (Phi) is 56.3. The topological polar surface area (TPSA) is 134 Å². The van der Waals surface area contributed by atoms with Crippen LogP contribution in [0.2, 0.25) is 0 Å². The average Bonchev–Trinajstić information content (AvgIpc) is 3.40. The molecule has 0 aliphatic carbocycles. The van der Waals surface area contributed by atoms with Gasteiger partial charge in [0.1, 0.15) is 6.61 Å². The normalized spacial score (nSPS) is 14.0. The molecule has 0 aromatic heterocycles. The van der Waals surface area contributed by atoms with Crippen LogP contribution in [-0.4, -0.2) is 49.3 Å². The average molecular weight is 1060 g/mol. The van der Waals surface area contributed by atoms with Gasteiger partial charge in [-0.2, -0.15) is 0 Å². The molecule has 10 heteroatoms. The first kappa shape index (κ1) is 71.2. The summed E-state index contributed by atoms with van der Waals surface area (Å²) in [6.45, 7) is 3.42. The van der Waals surface area contributed by atoms with Gasteiger partial charge in [0.05, 0.1) is 13.2 Å². The molecule has 0 saturated heterocycles. The van der Waals surface area contributed by atoms with Crippen molar-refractivity contribution in [2.75, 3.05) is 26.4 Å².